The Morgan fingerprint density at radius 1 is 0.573 bits per heavy atom. The Morgan fingerprint density at radius 2 is 1.00 bits per heavy atom. The number of alkyl halides is 1. The first-order chi connectivity index (χ1) is 36.1. The number of piperazine rings is 2. The van der Waals surface area contributed by atoms with Gasteiger partial charge in [0, 0.05) is 89.5 Å². The van der Waals surface area contributed by atoms with Gasteiger partial charge in [0.2, 0.25) is 0 Å². The Morgan fingerprint density at radius 3 is 1.49 bits per heavy atom. The molecule has 0 radical (unpaired) electrons. The van der Waals surface area contributed by atoms with Gasteiger partial charge in [-0.25, -0.2) is 9.97 Å². The molecule has 2 aliphatic carbocycles. The molecule has 4 aliphatic rings. The number of hydrogen-bond donors (Lipinski definition) is 4. The second-order valence-corrected chi connectivity index (χ2v) is 22.8. The lowest BCUT2D eigenvalue weighted by atomic mass is 10.1. The van der Waals surface area contributed by atoms with E-state index < -0.39 is 12.2 Å². The maximum atomic E-state index is 10.5. The first-order valence-electron chi connectivity index (χ1n) is 27.0. The summed E-state index contributed by atoms with van der Waals surface area (Å²) >= 11 is 6.79. The number of aliphatic hydroxyl groups is 3. The average molecular weight is 1130 g/mol. The number of unbranched alkanes of at least 4 members (excludes halogenated alkanes) is 2. The average Bonchev–Trinajstić information content (AvgIpc) is 4.23. The summed E-state index contributed by atoms with van der Waals surface area (Å²) < 4.78 is 25.6. The lowest BCUT2D eigenvalue weighted by Crippen LogP contribution is -2.49. The zero-order valence-electron chi connectivity index (χ0n) is 44.1. The number of halogens is 1. The Labute approximate surface area is 463 Å². The molecule has 4 heterocycles. The fraction of sp³-hybridized carbons (Fsp3) is 0.559. The third-order valence-corrected chi connectivity index (χ3v) is 16.0. The normalized spacial score (nSPS) is 16.3. The summed E-state index contributed by atoms with van der Waals surface area (Å²) in [4.78, 5) is 16.1. The van der Waals surface area contributed by atoms with Gasteiger partial charge in [-0.2, -0.15) is 0 Å². The van der Waals surface area contributed by atoms with Crippen LogP contribution in [0.2, 0.25) is 0 Å². The predicted octanol–water partition coefficient (Wildman–Crippen LogP) is 9.92. The summed E-state index contributed by atoms with van der Waals surface area (Å²) in [6.07, 6.45) is 11.1. The highest BCUT2D eigenvalue weighted by Crippen LogP contribution is 2.29. The van der Waals surface area contributed by atoms with Crippen molar-refractivity contribution in [3.05, 3.63) is 105 Å². The summed E-state index contributed by atoms with van der Waals surface area (Å²) in [5.41, 5.74) is 7.91. The number of thiazole rings is 2. The topological polar surface area (TPSA) is 145 Å². The van der Waals surface area contributed by atoms with Crippen molar-refractivity contribution in [3.8, 4) is 23.0 Å². The van der Waals surface area contributed by atoms with Gasteiger partial charge in [0.1, 0.15) is 48.4 Å². The monoisotopic (exact) mass is 1130 g/mol. The highest BCUT2D eigenvalue weighted by Gasteiger charge is 2.20. The number of β-amino-alcohol motifs (C(OH)–C–C–N with tert-alkyl or cyclic N) is 2. The van der Waals surface area contributed by atoms with Crippen LogP contribution in [0.5, 0.6) is 23.0 Å². The molecule has 0 unspecified atom stereocenters. The molecule has 0 bridgehead atoms. The number of rotatable bonds is 21. The van der Waals surface area contributed by atoms with E-state index in [2.05, 4.69) is 82.3 Å². The van der Waals surface area contributed by atoms with Gasteiger partial charge in [-0.05, 0) is 162 Å². The summed E-state index contributed by atoms with van der Waals surface area (Å²) in [5, 5.41) is 34.6. The van der Waals surface area contributed by atoms with Crippen molar-refractivity contribution in [1.29, 1.82) is 0 Å². The first-order valence-corrected chi connectivity index (χ1v) is 29.8. The van der Waals surface area contributed by atoms with Crippen LogP contribution in [0.15, 0.2) is 72.8 Å². The van der Waals surface area contributed by atoms with Crippen LogP contribution < -0.4 is 24.3 Å². The molecule has 13 nitrogen and oxygen atoms in total. The van der Waals surface area contributed by atoms with Crippen molar-refractivity contribution in [3.63, 3.8) is 0 Å². The fourth-order valence-electron chi connectivity index (χ4n) is 9.69. The molecule has 75 heavy (non-hydrogen) atoms. The molecule has 16 heteroatoms. The zero-order valence-corrected chi connectivity index (χ0v) is 47.3. The van der Waals surface area contributed by atoms with Crippen LogP contribution in [0, 0.1) is 13.8 Å². The molecular formula is C59H85BrN6O7S2. The summed E-state index contributed by atoms with van der Waals surface area (Å²) in [6.45, 7) is 18.7. The fourth-order valence-corrected chi connectivity index (χ4v) is 11.7. The van der Waals surface area contributed by atoms with E-state index in [1.165, 1.54) is 76.6 Å². The van der Waals surface area contributed by atoms with Crippen LogP contribution in [0.4, 0.5) is 0 Å². The summed E-state index contributed by atoms with van der Waals surface area (Å²) in [7, 11) is 0. The summed E-state index contributed by atoms with van der Waals surface area (Å²) in [5.74, 6) is 3.62. The van der Waals surface area contributed by atoms with Crippen molar-refractivity contribution in [1.82, 2.24) is 30.0 Å². The molecule has 2 aliphatic heterocycles. The van der Waals surface area contributed by atoms with E-state index in [0.717, 1.165) is 141 Å². The van der Waals surface area contributed by atoms with Gasteiger partial charge in [0.05, 0.1) is 43.7 Å². The highest BCUT2D eigenvalue weighted by atomic mass is 79.9. The van der Waals surface area contributed by atoms with E-state index in [1.54, 1.807) is 29.6 Å². The van der Waals surface area contributed by atoms with Gasteiger partial charge < -0.3 is 44.5 Å². The zero-order chi connectivity index (χ0) is 51.9. The number of aryl methyl sites for hydroxylation is 6. The van der Waals surface area contributed by atoms with Gasteiger partial charge in [0.15, 0.2) is 0 Å². The van der Waals surface area contributed by atoms with Crippen LogP contribution in [0.3, 0.4) is 0 Å². The van der Waals surface area contributed by atoms with Crippen molar-refractivity contribution in [2.45, 2.75) is 105 Å². The van der Waals surface area contributed by atoms with Gasteiger partial charge in [0.25, 0.3) is 0 Å². The highest BCUT2D eigenvalue weighted by molar-refractivity contribution is 9.09. The number of aromatic nitrogens is 2. The number of ether oxygens (including phenoxy) is 4. The van der Waals surface area contributed by atoms with Gasteiger partial charge in [-0.15, -0.1) is 22.7 Å². The molecule has 0 saturated carbocycles. The molecule has 4 aromatic carbocycles. The maximum Gasteiger partial charge on any atom is 0.121 e. The molecule has 2 fully saturated rings. The number of hydrogen-bond acceptors (Lipinski definition) is 15. The molecule has 412 valence electrons. The van der Waals surface area contributed by atoms with Crippen LogP contribution in [-0.4, -0.2) is 163 Å². The van der Waals surface area contributed by atoms with Crippen LogP contribution in [0.25, 0.3) is 20.4 Å². The van der Waals surface area contributed by atoms with Gasteiger partial charge >= 0.3 is 0 Å². The molecular weight excluding hydrogens is 1050 g/mol. The second kappa shape index (κ2) is 32.7. The van der Waals surface area contributed by atoms with E-state index in [0.29, 0.717) is 26.3 Å². The molecule has 0 spiro atoms. The van der Waals surface area contributed by atoms with Crippen molar-refractivity contribution in [2.75, 3.05) is 110 Å². The third kappa shape index (κ3) is 20.4. The van der Waals surface area contributed by atoms with Crippen LogP contribution in [-0.2, 0) is 25.7 Å². The molecule has 10 rings (SSSR count). The van der Waals surface area contributed by atoms with E-state index >= 15 is 0 Å². The van der Waals surface area contributed by atoms with Crippen molar-refractivity contribution in [2.24, 2.45) is 0 Å². The van der Waals surface area contributed by atoms with E-state index in [-0.39, 0.29) is 14.0 Å². The quantitative estimate of drug-likeness (QED) is 0.0401. The van der Waals surface area contributed by atoms with Crippen molar-refractivity contribution >= 4 is 59.0 Å². The smallest absolute Gasteiger partial charge is 0.121 e. The molecule has 2 aromatic heterocycles. The second-order valence-electron chi connectivity index (χ2n) is 19.5. The number of aliphatic hydroxyl groups excluding tert-OH is 3. The standard InChI is InChI=1S/C28H37N3O3S.C15H21N3O2S.C13H17BrO.C2H6O.CH4/c1-21-29-27-18-26(9-10-28(27)35-21)34-20-24(32)19-31-14-12-30(13-15-31)11-2-3-16-33-25-8-7-22-5-4-6-23(22)17-25;1-11-17-14-8-13(2-3-15(14)21-11)20-10-12(19)9-18-6-4-16-5-7-18;14-8-1-2-9-15-13-7-6-11-4-3-5-12(11)10-13;1-2-3;/h7-10,17-18,24,32H,2-6,11-16,19-20H2,1H3;2-3,8,12,16,19H,4-7,9-10H2,1H3;6-7,10H,1-5,8-9H2;3H,2H2,1H3;1H4/t24-;12-;;;/m11.../s1. The van der Waals surface area contributed by atoms with Crippen LogP contribution in [0.1, 0.15) is 85.1 Å². The Balaban J connectivity index is 0.000000194. The number of nitrogens with one attached hydrogen (secondary N) is 1. The third-order valence-electron chi connectivity index (χ3n) is 13.5. The molecule has 0 amide bonds. The number of nitrogens with zero attached hydrogens (tertiary/aromatic N) is 5. The Bertz CT molecular complexity index is 2570. The summed E-state index contributed by atoms with van der Waals surface area (Å²) in [6, 6.07) is 25.0. The van der Waals surface area contributed by atoms with E-state index in [9.17, 15) is 10.2 Å². The molecule has 6 aromatic rings. The van der Waals surface area contributed by atoms with Crippen LogP contribution >= 0.6 is 38.6 Å². The Kier molecular flexibility index (Phi) is 26.3. The minimum atomic E-state index is -0.495. The minimum Gasteiger partial charge on any atom is -0.494 e. The SMILES string of the molecule is BrCCCCOc1ccc2c(c1)CCC2.C.CCO.Cc1nc2cc(OC[C@H](O)CN3CCN(CCCCOc4ccc5c(c4)CCC5)CC3)ccc2s1.Cc1nc2cc(OC[C@H](O)CN3CCNCC3)ccc2s1. The predicted molar refractivity (Wildman–Crippen MR) is 314 cm³/mol. The van der Waals surface area contributed by atoms with E-state index in [4.69, 9.17) is 24.1 Å². The number of fused-ring (bicyclic) bond motifs is 4. The van der Waals surface area contributed by atoms with Gasteiger partial charge in [-0.3, -0.25) is 9.80 Å². The van der Waals surface area contributed by atoms with Gasteiger partial charge in [-0.1, -0.05) is 35.5 Å². The van der Waals surface area contributed by atoms with E-state index in [1.807, 2.05) is 50.2 Å². The lowest BCUT2D eigenvalue weighted by Gasteiger charge is -2.35. The lowest BCUT2D eigenvalue weighted by molar-refractivity contribution is 0.0456. The number of benzene rings is 4. The minimum absolute atomic E-state index is 0. The molecule has 4 N–H and O–H groups in total. The molecule has 2 saturated heterocycles. The maximum absolute atomic E-state index is 10.5. The first kappa shape index (κ1) is 60.3. The van der Waals surface area contributed by atoms with Crippen molar-refractivity contribution < 1.29 is 34.3 Å². The molecule has 2 atom stereocenters. The largest absolute Gasteiger partial charge is 0.494 e. The Hall–Kier alpha value is -3.94.